The second-order valence-corrected chi connectivity index (χ2v) is 8.19. The Morgan fingerprint density at radius 2 is 2.39 bits per heavy atom. The zero-order chi connectivity index (χ0) is 13.2. The Labute approximate surface area is 112 Å². The van der Waals surface area contributed by atoms with E-state index >= 15 is 0 Å². The molecule has 2 rings (SSSR count). The van der Waals surface area contributed by atoms with Crippen LogP contribution in [0.3, 0.4) is 0 Å². The molecule has 0 radical (unpaired) electrons. The third-order valence-corrected chi connectivity index (χ3v) is 6.02. The van der Waals surface area contributed by atoms with Crippen molar-refractivity contribution in [2.24, 2.45) is 0 Å². The summed E-state index contributed by atoms with van der Waals surface area (Å²) in [6.45, 7) is 4.51. The lowest BCUT2D eigenvalue weighted by Gasteiger charge is -2.22. The predicted octanol–water partition coefficient (Wildman–Crippen LogP) is 1.54. The van der Waals surface area contributed by atoms with Crippen LogP contribution < -0.4 is 4.72 Å². The molecule has 1 unspecified atom stereocenters. The number of thioether (sulfide) groups is 1. The summed E-state index contributed by atoms with van der Waals surface area (Å²) in [5.41, 5.74) is 0. The maximum Gasteiger partial charge on any atom is 0.257 e. The van der Waals surface area contributed by atoms with Crippen molar-refractivity contribution < 1.29 is 8.42 Å². The second-order valence-electron chi connectivity index (χ2n) is 4.77. The van der Waals surface area contributed by atoms with Gasteiger partial charge in [0.15, 0.2) is 5.03 Å². The van der Waals surface area contributed by atoms with Crippen LogP contribution in [-0.2, 0) is 16.4 Å². The van der Waals surface area contributed by atoms with Crippen LogP contribution in [0.1, 0.15) is 32.5 Å². The first-order chi connectivity index (χ1) is 8.45. The number of hydrogen-bond donors (Lipinski definition) is 2. The number of H-pyrrole nitrogens is 1. The van der Waals surface area contributed by atoms with Crippen LogP contribution >= 0.6 is 11.8 Å². The topological polar surface area (TPSA) is 74.8 Å². The maximum absolute atomic E-state index is 12.1. The number of hydrogen-bond acceptors (Lipinski definition) is 4. The van der Waals surface area contributed by atoms with Crippen LogP contribution in [-0.4, -0.2) is 35.4 Å². The molecule has 2 N–H and O–H groups in total. The molecule has 1 aliphatic rings. The van der Waals surface area contributed by atoms with Crippen molar-refractivity contribution in [3.63, 3.8) is 0 Å². The average Bonchev–Trinajstić information content (AvgIpc) is 2.96. The molecule has 2 heterocycles. The van der Waals surface area contributed by atoms with E-state index in [0.29, 0.717) is 18.8 Å². The normalized spacial score (nSPS) is 24.6. The van der Waals surface area contributed by atoms with E-state index in [1.807, 2.05) is 18.7 Å². The minimum absolute atomic E-state index is 0.0285. The average molecular weight is 289 g/mol. The molecule has 1 fully saturated rings. The predicted molar refractivity (Wildman–Crippen MR) is 73.3 cm³/mol. The number of imidazole rings is 1. The number of nitrogens with zero attached hydrogens (tertiary/aromatic N) is 1. The molecule has 0 bridgehead atoms. The Hall–Kier alpha value is -0.530. The summed E-state index contributed by atoms with van der Waals surface area (Å²) in [6.07, 6.45) is 4.30. The third-order valence-electron chi connectivity index (χ3n) is 3.17. The second kappa shape index (κ2) is 5.22. The molecule has 5 nitrogen and oxygen atoms in total. The molecule has 1 atom stereocenters. The van der Waals surface area contributed by atoms with Gasteiger partial charge in [-0.1, -0.05) is 6.92 Å². The molecule has 18 heavy (non-hydrogen) atoms. The van der Waals surface area contributed by atoms with Gasteiger partial charge in [0.2, 0.25) is 0 Å². The Balaban J connectivity index is 2.03. The van der Waals surface area contributed by atoms with Crippen LogP contribution in [0.15, 0.2) is 11.2 Å². The van der Waals surface area contributed by atoms with Crippen molar-refractivity contribution in [1.82, 2.24) is 14.7 Å². The molecule has 0 saturated carbocycles. The number of aromatic amines is 1. The van der Waals surface area contributed by atoms with Crippen LogP contribution in [0.4, 0.5) is 0 Å². The first kappa shape index (κ1) is 13.9. The fourth-order valence-corrected chi connectivity index (χ4v) is 4.40. The van der Waals surface area contributed by atoms with E-state index in [2.05, 4.69) is 21.6 Å². The molecule has 1 saturated heterocycles. The van der Waals surface area contributed by atoms with Crippen LogP contribution in [0.2, 0.25) is 0 Å². The first-order valence-electron chi connectivity index (χ1n) is 6.13. The van der Waals surface area contributed by atoms with Gasteiger partial charge < -0.3 is 4.98 Å². The van der Waals surface area contributed by atoms with Crippen LogP contribution in [0.25, 0.3) is 0 Å². The fourth-order valence-electron chi connectivity index (χ4n) is 1.96. The summed E-state index contributed by atoms with van der Waals surface area (Å²) < 4.78 is 26.8. The van der Waals surface area contributed by atoms with Crippen molar-refractivity contribution >= 4 is 21.8 Å². The van der Waals surface area contributed by atoms with Gasteiger partial charge >= 0.3 is 0 Å². The number of rotatable bonds is 5. The summed E-state index contributed by atoms with van der Waals surface area (Å²) >= 11 is 1.84. The number of nitrogens with one attached hydrogen (secondary N) is 2. The third kappa shape index (κ3) is 3.07. The minimum atomic E-state index is -3.46. The number of aryl methyl sites for hydroxylation is 1. The molecule has 7 heteroatoms. The monoisotopic (exact) mass is 289 g/mol. The smallest absolute Gasteiger partial charge is 0.257 e. The van der Waals surface area contributed by atoms with E-state index < -0.39 is 10.0 Å². The van der Waals surface area contributed by atoms with Crippen molar-refractivity contribution in [2.75, 3.05) is 12.3 Å². The molecule has 0 aromatic carbocycles. The van der Waals surface area contributed by atoms with Gasteiger partial charge in [0.05, 0.1) is 6.20 Å². The molecule has 0 amide bonds. The highest BCUT2D eigenvalue weighted by atomic mass is 32.2. The van der Waals surface area contributed by atoms with Gasteiger partial charge in [-0.2, -0.15) is 11.8 Å². The molecule has 1 aromatic rings. The molecule has 1 aromatic heterocycles. The first-order valence-corrected chi connectivity index (χ1v) is 8.59. The van der Waals surface area contributed by atoms with Crippen molar-refractivity contribution in [3.8, 4) is 0 Å². The highest BCUT2D eigenvalue weighted by Crippen LogP contribution is 2.37. The molecular formula is C11H19N3O2S2. The Morgan fingerprint density at radius 1 is 1.61 bits per heavy atom. The van der Waals surface area contributed by atoms with Crippen molar-refractivity contribution in [3.05, 3.63) is 12.0 Å². The molecule has 0 spiro atoms. The Morgan fingerprint density at radius 3 is 2.94 bits per heavy atom. The van der Waals surface area contributed by atoms with E-state index in [1.54, 1.807) is 0 Å². The van der Waals surface area contributed by atoms with E-state index in [4.69, 9.17) is 0 Å². The molecule has 1 aliphatic heterocycles. The zero-order valence-corrected chi connectivity index (χ0v) is 12.3. The Kier molecular flexibility index (Phi) is 4.03. The fraction of sp³-hybridized carbons (Fsp3) is 0.727. The SMILES string of the molecule is CCc1ncc(S(=O)(=O)NCC2(C)CCCS2)[nH]1. The highest BCUT2D eigenvalue weighted by molar-refractivity contribution is 8.01. The summed E-state index contributed by atoms with van der Waals surface area (Å²) in [5, 5.41) is 0.158. The van der Waals surface area contributed by atoms with Gasteiger partial charge in [0, 0.05) is 17.7 Å². The zero-order valence-electron chi connectivity index (χ0n) is 10.7. The van der Waals surface area contributed by atoms with Gasteiger partial charge in [0.25, 0.3) is 10.0 Å². The minimum Gasteiger partial charge on any atom is -0.332 e. The Bertz CT molecular complexity index is 504. The van der Waals surface area contributed by atoms with Gasteiger partial charge in [-0.25, -0.2) is 18.1 Å². The van der Waals surface area contributed by atoms with Crippen molar-refractivity contribution in [1.29, 1.82) is 0 Å². The van der Waals surface area contributed by atoms with E-state index in [1.165, 1.54) is 6.20 Å². The lowest BCUT2D eigenvalue weighted by molar-refractivity contribution is 0.550. The number of sulfonamides is 1. The van der Waals surface area contributed by atoms with Gasteiger partial charge in [-0.05, 0) is 25.5 Å². The van der Waals surface area contributed by atoms with Gasteiger partial charge in [-0.3, -0.25) is 0 Å². The summed E-state index contributed by atoms with van der Waals surface area (Å²) in [5.74, 6) is 1.80. The lowest BCUT2D eigenvalue weighted by atomic mass is 10.1. The van der Waals surface area contributed by atoms with Gasteiger partial charge in [0.1, 0.15) is 5.82 Å². The quantitative estimate of drug-likeness (QED) is 0.862. The maximum atomic E-state index is 12.1. The van der Waals surface area contributed by atoms with Crippen LogP contribution in [0, 0.1) is 0 Å². The van der Waals surface area contributed by atoms with E-state index in [-0.39, 0.29) is 9.77 Å². The number of aromatic nitrogens is 2. The molecule has 0 aliphatic carbocycles. The van der Waals surface area contributed by atoms with Crippen molar-refractivity contribution in [2.45, 2.75) is 42.9 Å². The van der Waals surface area contributed by atoms with Crippen LogP contribution in [0.5, 0.6) is 0 Å². The summed E-state index contributed by atoms with van der Waals surface area (Å²) in [4.78, 5) is 6.84. The van der Waals surface area contributed by atoms with Gasteiger partial charge in [-0.15, -0.1) is 0 Å². The lowest BCUT2D eigenvalue weighted by Crippen LogP contribution is -2.36. The van der Waals surface area contributed by atoms with E-state index in [9.17, 15) is 8.42 Å². The molecular weight excluding hydrogens is 270 g/mol. The molecule has 102 valence electrons. The standard InChI is InChI=1S/C11H19N3O2S2/c1-3-9-12-7-10(14-9)18(15,16)13-8-11(2)5-4-6-17-11/h7,13H,3-6,8H2,1-2H3,(H,12,14). The van der Waals surface area contributed by atoms with E-state index in [0.717, 1.165) is 18.6 Å². The largest absolute Gasteiger partial charge is 0.332 e. The summed E-state index contributed by atoms with van der Waals surface area (Å²) in [7, 11) is -3.46. The highest BCUT2D eigenvalue weighted by Gasteiger charge is 2.31. The summed E-state index contributed by atoms with van der Waals surface area (Å²) in [6, 6.07) is 0.